The zero-order chi connectivity index (χ0) is 17.8. The second kappa shape index (κ2) is 7.19. The number of nitrogens with one attached hydrogen (secondary N) is 1. The molecule has 0 atom stereocenters. The van der Waals surface area contributed by atoms with Gasteiger partial charge in [-0.25, -0.2) is 0 Å². The zero-order valence-electron chi connectivity index (χ0n) is 13.5. The summed E-state index contributed by atoms with van der Waals surface area (Å²) in [5.74, 6) is -0.303. The van der Waals surface area contributed by atoms with Gasteiger partial charge in [0.15, 0.2) is 0 Å². The summed E-state index contributed by atoms with van der Waals surface area (Å²) in [5.41, 5.74) is 8.46. The Hall–Kier alpha value is -3.12. The number of amides is 1. The standard InChI is InChI=1S/C19H16N2O3S/c1-12(22)24-15-7-4-13(5-8-15)19(23)21-17-11-14(6-9-16(17)20)18-3-2-10-25-18/h2-11H,20H2,1H3,(H,21,23). The molecule has 6 heteroatoms. The Balaban J connectivity index is 1.78. The van der Waals surface area contributed by atoms with Crippen molar-refractivity contribution in [2.75, 3.05) is 11.1 Å². The summed E-state index contributed by atoms with van der Waals surface area (Å²) in [7, 11) is 0. The molecular formula is C19H16N2O3S. The van der Waals surface area contributed by atoms with Crippen molar-refractivity contribution in [3.05, 3.63) is 65.5 Å². The van der Waals surface area contributed by atoms with Crippen LogP contribution in [0.15, 0.2) is 60.0 Å². The fourth-order valence-electron chi connectivity index (χ4n) is 2.30. The van der Waals surface area contributed by atoms with E-state index in [1.54, 1.807) is 41.7 Å². The van der Waals surface area contributed by atoms with Gasteiger partial charge in [0, 0.05) is 17.4 Å². The van der Waals surface area contributed by atoms with Gasteiger partial charge in [0.2, 0.25) is 0 Å². The van der Waals surface area contributed by atoms with Crippen molar-refractivity contribution >= 4 is 34.6 Å². The van der Waals surface area contributed by atoms with Crippen molar-refractivity contribution in [2.24, 2.45) is 0 Å². The molecule has 0 aliphatic carbocycles. The lowest BCUT2D eigenvalue weighted by molar-refractivity contribution is -0.131. The minimum Gasteiger partial charge on any atom is -0.427 e. The van der Waals surface area contributed by atoms with Gasteiger partial charge in [-0.05, 0) is 53.4 Å². The van der Waals surface area contributed by atoms with Crippen LogP contribution in [0.1, 0.15) is 17.3 Å². The topological polar surface area (TPSA) is 81.4 Å². The highest BCUT2D eigenvalue weighted by Crippen LogP contribution is 2.30. The summed E-state index contributed by atoms with van der Waals surface area (Å²) in [6.07, 6.45) is 0. The fraction of sp³-hybridized carbons (Fsp3) is 0.0526. The van der Waals surface area contributed by atoms with Gasteiger partial charge in [-0.1, -0.05) is 12.1 Å². The van der Waals surface area contributed by atoms with Crippen molar-refractivity contribution in [1.29, 1.82) is 0 Å². The van der Waals surface area contributed by atoms with E-state index in [1.165, 1.54) is 6.92 Å². The van der Waals surface area contributed by atoms with Crippen molar-refractivity contribution in [2.45, 2.75) is 6.92 Å². The maximum Gasteiger partial charge on any atom is 0.308 e. The predicted octanol–water partition coefficient (Wildman–Crippen LogP) is 4.17. The van der Waals surface area contributed by atoms with Gasteiger partial charge in [0.25, 0.3) is 5.91 Å². The predicted molar refractivity (Wildman–Crippen MR) is 99.9 cm³/mol. The van der Waals surface area contributed by atoms with E-state index in [4.69, 9.17) is 10.5 Å². The average Bonchev–Trinajstić information content (AvgIpc) is 3.11. The Kier molecular flexibility index (Phi) is 4.81. The first-order valence-electron chi connectivity index (χ1n) is 7.56. The molecule has 0 bridgehead atoms. The molecule has 3 rings (SSSR count). The average molecular weight is 352 g/mol. The van der Waals surface area contributed by atoms with Crippen LogP contribution in [0.25, 0.3) is 10.4 Å². The van der Waals surface area contributed by atoms with Gasteiger partial charge < -0.3 is 15.8 Å². The smallest absolute Gasteiger partial charge is 0.308 e. The van der Waals surface area contributed by atoms with E-state index >= 15 is 0 Å². The number of thiophene rings is 1. The highest BCUT2D eigenvalue weighted by atomic mass is 32.1. The second-order valence-electron chi connectivity index (χ2n) is 5.35. The minimum atomic E-state index is -0.407. The maximum absolute atomic E-state index is 12.4. The summed E-state index contributed by atoms with van der Waals surface area (Å²) < 4.78 is 4.95. The minimum absolute atomic E-state index is 0.288. The first-order chi connectivity index (χ1) is 12.0. The maximum atomic E-state index is 12.4. The number of rotatable bonds is 4. The number of ether oxygens (including phenoxy) is 1. The van der Waals surface area contributed by atoms with Gasteiger partial charge in [0.1, 0.15) is 5.75 Å². The number of hydrogen-bond donors (Lipinski definition) is 2. The van der Waals surface area contributed by atoms with E-state index in [0.29, 0.717) is 22.7 Å². The summed E-state index contributed by atoms with van der Waals surface area (Å²) in [6, 6.07) is 15.9. The van der Waals surface area contributed by atoms with Gasteiger partial charge in [-0.2, -0.15) is 0 Å². The van der Waals surface area contributed by atoms with Crippen molar-refractivity contribution in [3.8, 4) is 16.2 Å². The zero-order valence-corrected chi connectivity index (χ0v) is 14.3. The summed E-state index contributed by atoms with van der Waals surface area (Å²) >= 11 is 1.62. The van der Waals surface area contributed by atoms with Gasteiger partial charge in [-0.15, -0.1) is 11.3 Å². The molecule has 126 valence electrons. The molecule has 0 saturated carbocycles. The molecule has 1 aromatic heterocycles. The third kappa shape index (κ3) is 4.05. The fourth-order valence-corrected chi connectivity index (χ4v) is 3.02. The van der Waals surface area contributed by atoms with Crippen LogP contribution in [0.3, 0.4) is 0 Å². The molecule has 5 nitrogen and oxygen atoms in total. The van der Waals surface area contributed by atoms with Crippen LogP contribution in [0.5, 0.6) is 5.75 Å². The van der Waals surface area contributed by atoms with Crippen LogP contribution in [-0.2, 0) is 4.79 Å². The normalized spacial score (nSPS) is 10.3. The molecule has 3 aromatic rings. The summed E-state index contributed by atoms with van der Waals surface area (Å²) in [5, 5.41) is 4.82. The first kappa shape index (κ1) is 16.7. The van der Waals surface area contributed by atoms with E-state index < -0.39 is 5.97 Å². The van der Waals surface area contributed by atoms with Gasteiger partial charge in [-0.3, -0.25) is 9.59 Å². The number of esters is 1. The lowest BCUT2D eigenvalue weighted by Crippen LogP contribution is -2.13. The van der Waals surface area contributed by atoms with Gasteiger partial charge in [0.05, 0.1) is 11.4 Å². The third-order valence-electron chi connectivity index (χ3n) is 3.49. The van der Waals surface area contributed by atoms with Crippen LogP contribution in [0.4, 0.5) is 11.4 Å². The summed E-state index contributed by atoms with van der Waals surface area (Å²) in [4.78, 5) is 24.4. The van der Waals surface area contributed by atoms with E-state index in [2.05, 4.69) is 5.32 Å². The molecule has 0 radical (unpaired) electrons. The molecular weight excluding hydrogens is 336 g/mol. The number of nitrogen functional groups attached to an aromatic ring is 1. The number of carbonyl (C=O) groups excluding carboxylic acids is 2. The third-order valence-corrected chi connectivity index (χ3v) is 4.40. The van der Waals surface area contributed by atoms with Crippen LogP contribution in [0.2, 0.25) is 0 Å². The van der Waals surface area contributed by atoms with E-state index in [0.717, 1.165) is 10.4 Å². The van der Waals surface area contributed by atoms with Crippen LogP contribution in [0, 0.1) is 0 Å². The van der Waals surface area contributed by atoms with E-state index in [9.17, 15) is 9.59 Å². The Labute approximate surface area is 149 Å². The Morgan fingerprint density at radius 1 is 1.08 bits per heavy atom. The number of anilines is 2. The monoisotopic (exact) mass is 352 g/mol. The van der Waals surface area contributed by atoms with Crippen LogP contribution in [-0.4, -0.2) is 11.9 Å². The highest BCUT2D eigenvalue weighted by Gasteiger charge is 2.10. The molecule has 1 amide bonds. The highest BCUT2D eigenvalue weighted by molar-refractivity contribution is 7.13. The quantitative estimate of drug-likeness (QED) is 0.419. The number of nitrogens with two attached hydrogens (primary N) is 1. The summed E-state index contributed by atoms with van der Waals surface area (Å²) in [6.45, 7) is 1.32. The largest absolute Gasteiger partial charge is 0.427 e. The Morgan fingerprint density at radius 2 is 1.84 bits per heavy atom. The molecule has 0 aliphatic heterocycles. The Bertz CT molecular complexity index is 903. The Morgan fingerprint density at radius 3 is 2.48 bits per heavy atom. The van der Waals surface area contributed by atoms with Crippen molar-refractivity contribution in [3.63, 3.8) is 0 Å². The number of hydrogen-bond acceptors (Lipinski definition) is 5. The van der Waals surface area contributed by atoms with Crippen molar-refractivity contribution in [1.82, 2.24) is 0 Å². The first-order valence-corrected chi connectivity index (χ1v) is 8.44. The van der Waals surface area contributed by atoms with Crippen molar-refractivity contribution < 1.29 is 14.3 Å². The lowest BCUT2D eigenvalue weighted by atomic mass is 10.1. The molecule has 0 saturated heterocycles. The molecule has 3 N–H and O–H groups in total. The van der Waals surface area contributed by atoms with E-state index in [1.807, 2.05) is 29.6 Å². The molecule has 1 heterocycles. The van der Waals surface area contributed by atoms with Gasteiger partial charge >= 0.3 is 5.97 Å². The molecule has 0 spiro atoms. The second-order valence-corrected chi connectivity index (χ2v) is 6.30. The molecule has 0 unspecified atom stereocenters. The molecule has 2 aromatic carbocycles. The van der Waals surface area contributed by atoms with Crippen LogP contribution >= 0.6 is 11.3 Å². The molecule has 0 fully saturated rings. The molecule has 25 heavy (non-hydrogen) atoms. The number of benzene rings is 2. The van der Waals surface area contributed by atoms with Crippen LogP contribution < -0.4 is 15.8 Å². The number of carbonyl (C=O) groups is 2. The lowest BCUT2D eigenvalue weighted by Gasteiger charge is -2.10. The SMILES string of the molecule is CC(=O)Oc1ccc(C(=O)Nc2cc(-c3cccs3)ccc2N)cc1. The van der Waals surface area contributed by atoms with E-state index in [-0.39, 0.29) is 5.91 Å². The molecule has 0 aliphatic rings.